The van der Waals surface area contributed by atoms with Crippen LogP contribution in [0.1, 0.15) is 82.8 Å². The van der Waals surface area contributed by atoms with Crippen molar-refractivity contribution in [1.82, 2.24) is 0 Å². The Morgan fingerprint density at radius 3 is 2.22 bits per heavy atom. The lowest BCUT2D eigenvalue weighted by Crippen LogP contribution is -2.60. The standard InChI is InChI=1S/C29H36F3NO3/c1-16-5-9-18(10-6-16)36-23-14-12-19-20(26(23)29(30,31)32)11-13-22(25(19)17-7-8-17)33(4)24-15-21(27(34)35)28(24,2)3/h11-14,16-18,21,24H,5-10,15H2,1-4H3,(H,34,35)/t16-,18+,21?,24?. The van der Waals surface area contributed by atoms with E-state index in [1.807, 2.05) is 33.0 Å². The lowest BCUT2D eigenvalue weighted by molar-refractivity contribution is -0.154. The van der Waals surface area contributed by atoms with E-state index in [0.717, 1.165) is 49.8 Å². The first-order valence-electron chi connectivity index (χ1n) is 13.2. The maximum absolute atomic E-state index is 14.5. The van der Waals surface area contributed by atoms with Crippen molar-refractivity contribution in [2.45, 2.75) is 90.0 Å². The fourth-order valence-electron chi connectivity index (χ4n) is 6.57. The van der Waals surface area contributed by atoms with Crippen LogP contribution in [0.2, 0.25) is 0 Å². The molecule has 2 unspecified atom stereocenters. The van der Waals surface area contributed by atoms with E-state index in [0.29, 0.717) is 17.7 Å². The van der Waals surface area contributed by atoms with Crippen LogP contribution in [0, 0.1) is 17.3 Å². The molecule has 3 aliphatic carbocycles. The van der Waals surface area contributed by atoms with E-state index in [9.17, 15) is 23.1 Å². The number of aliphatic carboxylic acids is 1. The highest BCUT2D eigenvalue weighted by Crippen LogP contribution is 2.54. The minimum Gasteiger partial charge on any atom is -0.490 e. The Labute approximate surface area is 210 Å². The molecule has 0 bridgehead atoms. The van der Waals surface area contributed by atoms with Crippen LogP contribution in [0.4, 0.5) is 18.9 Å². The second kappa shape index (κ2) is 8.84. The Balaban J connectivity index is 1.56. The largest absolute Gasteiger partial charge is 0.490 e. The molecule has 0 radical (unpaired) electrons. The van der Waals surface area contributed by atoms with Gasteiger partial charge in [-0.05, 0) is 90.7 Å². The molecule has 0 amide bonds. The molecule has 0 aromatic heterocycles. The lowest BCUT2D eigenvalue weighted by Gasteiger charge is -2.54. The monoisotopic (exact) mass is 503 g/mol. The number of hydrogen-bond acceptors (Lipinski definition) is 3. The Morgan fingerprint density at radius 1 is 1.03 bits per heavy atom. The minimum absolute atomic E-state index is 0.00642. The summed E-state index contributed by atoms with van der Waals surface area (Å²) < 4.78 is 49.4. The summed E-state index contributed by atoms with van der Waals surface area (Å²) in [4.78, 5) is 13.8. The van der Waals surface area contributed by atoms with Gasteiger partial charge < -0.3 is 14.7 Å². The van der Waals surface area contributed by atoms with Gasteiger partial charge in [-0.15, -0.1) is 0 Å². The molecular weight excluding hydrogens is 467 g/mol. The zero-order valence-corrected chi connectivity index (χ0v) is 21.5. The van der Waals surface area contributed by atoms with Crippen LogP contribution in [0.15, 0.2) is 24.3 Å². The quantitative estimate of drug-likeness (QED) is 0.440. The van der Waals surface area contributed by atoms with E-state index in [2.05, 4.69) is 11.8 Å². The zero-order valence-electron chi connectivity index (χ0n) is 21.5. The molecule has 0 aliphatic heterocycles. The first kappa shape index (κ1) is 25.2. The van der Waals surface area contributed by atoms with Gasteiger partial charge in [-0.3, -0.25) is 4.79 Å². The number of carbonyl (C=O) groups is 1. The summed E-state index contributed by atoms with van der Waals surface area (Å²) in [5.74, 6) is -0.472. The number of benzene rings is 2. The summed E-state index contributed by atoms with van der Waals surface area (Å²) in [6.45, 7) is 6.10. The first-order chi connectivity index (χ1) is 16.9. The van der Waals surface area contributed by atoms with Crippen LogP contribution in [0.25, 0.3) is 10.8 Å². The minimum atomic E-state index is -4.53. The van der Waals surface area contributed by atoms with Crippen molar-refractivity contribution in [2.75, 3.05) is 11.9 Å². The summed E-state index contributed by atoms with van der Waals surface area (Å²) in [5, 5.41) is 10.4. The Hall–Kier alpha value is -2.44. The van der Waals surface area contributed by atoms with Crippen LogP contribution >= 0.6 is 0 Å². The van der Waals surface area contributed by atoms with E-state index in [-0.39, 0.29) is 29.2 Å². The molecule has 4 nitrogen and oxygen atoms in total. The zero-order chi connectivity index (χ0) is 26.0. The van der Waals surface area contributed by atoms with E-state index in [1.54, 1.807) is 6.07 Å². The van der Waals surface area contributed by atoms with Crippen LogP contribution in [-0.4, -0.2) is 30.3 Å². The van der Waals surface area contributed by atoms with Gasteiger partial charge >= 0.3 is 12.1 Å². The van der Waals surface area contributed by atoms with Crippen molar-refractivity contribution >= 4 is 22.4 Å². The molecule has 2 aromatic carbocycles. The van der Waals surface area contributed by atoms with Crippen molar-refractivity contribution < 1.29 is 27.8 Å². The lowest BCUT2D eigenvalue weighted by atomic mass is 9.58. The normalized spacial score (nSPS) is 28.0. The molecule has 3 fully saturated rings. The number of carboxylic acids is 1. The number of ether oxygens (including phenoxy) is 1. The van der Waals surface area contributed by atoms with Crippen molar-refractivity contribution in [3.05, 3.63) is 35.4 Å². The maximum Gasteiger partial charge on any atom is 0.420 e. The molecule has 36 heavy (non-hydrogen) atoms. The van der Waals surface area contributed by atoms with Crippen molar-refractivity contribution in [1.29, 1.82) is 0 Å². The van der Waals surface area contributed by atoms with Crippen molar-refractivity contribution in [2.24, 2.45) is 17.3 Å². The molecule has 3 aliphatic rings. The molecule has 3 saturated carbocycles. The molecule has 0 saturated heterocycles. The van der Waals surface area contributed by atoms with Gasteiger partial charge in [-0.1, -0.05) is 32.9 Å². The van der Waals surface area contributed by atoms with Gasteiger partial charge in [0.15, 0.2) is 0 Å². The van der Waals surface area contributed by atoms with Crippen LogP contribution in [0.5, 0.6) is 5.75 Å². The number of fused-ring (bicyclic) bond motifs is 1. The first-order valence-corrected chi connectivity index (χ1v) is 13.2. The average Bonchev–Trinajstić information content (AvgIpc) is 3.63. The predicted octanol–water partition coefficient (Wildman–Crippen LogP) is 7.63. The highest BCUT2D eigenvalue weighted by Gasteiger charge is 2.54. The van der Waals surface area contributed by atoms with E-state index < -0.39 is 29.0 Å². The second-order valence-electron chi connectivity index (χ2n) is 11.9. The van der Waals surface area contributed by atoms with Gasteiger partial charge in [-0.25, -0.2) is 0 Å². The molecule has 2 aromatic rings. The average molecular weight is 504 g/mol. The third kappa shape index (κ3) is 4.32. The Morgan fingerprint density at radius 2 is 1.67 bits per heavy atom. The summed E-state index contributed by atoms with van der Waals surface area (Å²) >= 11 is 0. The third-order valence-electron chi connectivity index (χ3n) is 9.07. The summed E-state index contributed by atoms with van der Waals surface area (Å²) in [6, 6.07) is 6.73. The molecule has 1 N–H and O–H groups in total. The number of carboxylic acid groups (broad SMARTS) is 1. The molecule has 5 rings (SSSR count). The third-order valence-corrected chi connectivity index (χ3v) is 9.07. The van der Waals surface area contributed by atoms with Gasteiger partial charge in [0.25, 0.3) is 0 Å². The second-order valence-corrected chi connectivity index (χ2v) is 11.9. The van der Waals surface area contributed by atoms with Crippen LogP contribution in [-0.2, 0) is 11.0 Å². The van der Waals surface area contributed by atoms with Gasteiger partial charge in [-0.2, -0.15) is 13.2 Å². The van der Waals surface area contributed by atoms with Crippen molar-refractivity contribution in [3.8, 4) is 5.75 Å². The smallest absolute Gasteiger partial charge is 0.420 e. The maximum atomic E-state index is 14.5. The van der Waals surface area contributed by atoms with Gasteiger partial charge in [0.2, 0.25) is 0 Å². The number of halogens is 3. The number of hydrogen-bond donors (Lipinski definition) is 1. The van der Waals surface area contributed by atoms with Gasteiger partial charge in [0.1, 0.15) is 11.3 Å². The van der Waals surface area contributed by atoms with Crippen molar-refractivity contribution in [3.63, 3.8) is 0 Å². The highest BCUT2D eigenvalue weighted by atomic mass is 19.4. The topological polar surface area (TPSA) is 49.8 Å². The van der Waals surface area contributed by atoms with E-state index in [1.165, 1.54) is 6.07 Å². The molecular formula is C29H36F3NO3. The van der Waals surface area contributed by atoms with E-state index >= 15 is 0 Å². The summed E-state index contributed by atoms with van der Waals surface area (Å²) in [6.07, 6.45) is 1.22. The van der Waals surface area contributed by atoms with E-state index in [4.69, 9.17) is 4.74 Å². The van der Waals surface area contributed by atoms with Crippen LogP contribution in [0.3, 0.4) is 0 Å². The summed E-state index contributed by atoms with van der Waals surface area (Å²) in [5.41, 5.74) is 0.760. The van der Waals surface area contributed by atoms with Crippen LogP contribution < -0.4 is 9.64 Å². The highest BCUT2D eigenvalue weighted by molar-refractivity contribution is 5.95. The molecule has 0 spiro atoms. The fraction of sp³-hybridized carbons (Fsp3) is 0.621. The number of anilines is 1. The molecule has 196 valence electrons. The molecule has 0 heterocycles. The molecule has 7 heteroatoms. The van der Waals surface area contributed by atoms with Gasteiger partial charge in [0, 0.05) is 18.8 Å². The predicted molar refractivity (Wildman–Crippen MR) is 135 cm³/mol. The fourth-order valence-corrected chi connectivity index (χ4v) is 6.57. The Kier molecular flexibility index (Phi) is 6.19. The Bertz CT molecular complexity index is 1160. The number of alkyl halides is 3. The van der Waals surface area contributed by atoms with Gasteiger partial charge in [0.05, 0.1) is 12.0 Å². The number of nitrogens with zero attached hydrogens (tertiary/aromatic N) is 1. The number of rotatable bonds is 6. The summed E-state index contributed by atoms with van der Waals surface area (Å²) in [7, 11) is 1.95. The SMILES string of the molecule is CN(c1ccc2c(C(F)(F)F)c(O[C@H]3CC[C@@H](C)CC3)ccc2c1C1CC1)C1CC(C(=O)O)C1(C)C. The molecule has 2 atom stereocenters.